The summed E-state index contributed by atoms with van der Waals surface area (Å²) in [4.78, 5) is 40.3. The number of amides is 2. The van der Waals surface area contributed by atoms with Crippen LogP contribution in [0.2, 0.25) is 0 Å². The van der Waals surface area contributed by atoms with Crippen LogP contribution in [0.15, 0.2) is 0 Å². The molecule has 0 spiro atoms. The van der Waals surface area contributed by atoms with Crippen LogP contribution < -0.4 is 0 Å². The lowest BCUT2D eigenvalue weighted by atomic mass is 9.92. The average Bonchev–Trinajstić information content (AvgIpc) is 2.65. The van der Waals surface area contributed by atoms with Crippen molar-refractivity contribution in [3.8, 4) is 0 Å². The summed E-state index contributed by atoms with van der Waals surface area (Å²) in [5.74, 6) is 0.344. The number of rotatable bonds is 6. The second-order valence-electron chi connectivity index (χ2n) is 7.30. The normalized spacial score (nSPS) is 22.2. The molecule has 5 heteroatoms. The first-order valence-corrected chi connectivity index (χ1v) is 9.59. The number of ketones is 1. The molecule has 2 fully saturated rings. The van der Waals surface area contributed by atoms with Gasteiger partial charge in [-0.1, -0.05) is 26.2 Å². The van der Waals surface area contributed by atoms with E-state index in [0.717, 1.165) is 32.2 Å². The van der Waals surface area contributed by atoms with Crippen molar-refractivity contribution >= 4 is 17.6 Å². The van der Waals surface area contributed by atoms with E-state index in [0.29, 0.717) is 19.0 Å². The van der Waals surface area contributed by atoms with E-state index >= 15 is 0 Å². The Morgan fingerprint density at radius 1 is 1.00 bits per heavy atom. The van der Waals surface area contributed by atoms with Crippen LogP contribution in [0.5, 0.6) is 0 Å². The Labute approximate surface area is 145 Å². The maximum Gasteiger partial charge on any atom is 0.223 e. The predicted molar refractivity (Wildman–Crippen MR) is 93.5 cm³/mol. The van der Waals surface area contributed by atoms with Gasteiger partial charge in [-0.15, -0.1) is 0 Å². The van der Waals surface area contributed by atoms with Crippen molar-refractivity contribution in [2.45, 2.75) is 77.2 Å². The van der Waals surface area contributed by atoms with Gasteiger partial charge in [0.05, 0.1) is 0 Å². The first-order chi connectivity index (χ1) is 11.5. The van der Waals surface area contributed by atoms with Gasteiger partial charge >= 0.3 is 0 Å². The quantitative estimate of drug-likeness (QED) is 0.749. The Morgan fingerprint density at radius 3 is 2.38 bits per heavy atom. The molecular formula is C19H32N2O3. The molecule has 24 heavy (non-hydrogen) atoms. The van der Waals surface area contributed by atoms with Gasteiger partial charge in [0.1, 0.15) is 5.78 Å². The summed E-state index contributed by atoms with van der Waals surface area (Å²) < 4.78 is 0. The minimum Gasteiger partial charge on any atom is -0.343 e. The van der Waals surface area contributed by atoms with E-state index in [-0.39, 0.29) is 36.4 Å². The first kappa shape index (κ1) is 18.9. The molecule has 0 aromatic carbocycles. The fraction of sp³-hybridized carbons (Fsp3) is 0.842. The highest BCUT2D eigenvalue weighted by Gasteiger charge is 2.28. The molecular weight excluding hydrogens is 304 g/mol. The van der Waals surface area contributed by atoms with Crippen molar-refractivity contribution in [3.05, 3.63) is 0 Å². The number of carbonyl (C=O) groups is 3. The van der Waals surface area contributed by atoms with E-state index in [9.17, 15) is 14.4 Å². The van der Waals surface area contributed by atoms with Gasteiger partial charge in [-0.2, -0.15) is 0 Å². The van der Waals surface area contributed by atoms with Crippen molar-refractivity contribution in [1.82, 2.24) is 9.80 Å². The van der Waals surface area contributed by atoms with Crippen LogP contribution >= 0.6 is 0 Å². The van der Waals surface area contributed by atoms with Crippen LogP contribution in [-0.2, 0) is 14.4 Å². The molecule has 0 aromatic rings. The molecule has 2 amide bonds. The molecule has 2 rings (SSSR count). The van der Waals surface area contributed by atoms with Gasteiger partial charge in [-0.25, -0.2) is 0 Å². The number of Topliss-reactive ketones (excluding diaryl/α,β-unsaturated/α-hetero) is 1. The average molecular weight is 336 g/mol. The fourth-order valence-corrected chi connectivity index (χ4v) is 3.98. The van der Waals surface area contributed by atoms with Crippen LogP contribution in [0.1, 0.15) is 71.1 Å². The van der Waals surface area contributed by atoms with Crippen LogP contribution in [-0.4, -0.2) is 53.6 Å². The van der Waals surface area contributed by atoms with Crippen molar-refractivity contribution < 1.29 is 14.4 Å². The van der Waals surface area contributed by atoms with E-state index in [4.69, 9.17) is 0 Å². The second kappa shape index (κ2) is 9.19. The van der Waals surface area contributed by atoms with Crippen LogP contribution in [0.3, 0.4) is 0 Å². The molecule has 1 saturated carbocycles. The molecule has 1 saturated heterocycles. The van der Waals surface area contributed by atoms with Crippen LogP contribution in [0.25, 0.3) is 0 Å². The maximum absolute atomic E-state index is 12.4. The molecule has 0 bridgehead atoms. The predicted octanol–water partition coefficient (Wildman–Crippen LogP) is 2.78. The Morgan fingerprint density at radius 2 is 1.71 bits per heavy atom. The Bertz CT molecular complexity index is 458. The van der Waals surface area contributed by atoms with E-state index in [2.05, 4.69) is 0 Å². The highest BCUT2D eigenvalue weighted by molar-refractivity contribution is 5.85. The molecule has 0 aromatic heterocycles. The lowest BCUT2D eigenvalue weighted by Gasteiger charge is -2.33. The van der Waals surface area contributed by atoms with Gasteiger partial charge in [0.15, 0.2) is 0 Å². The minimum atomic E-state index is -0.00619. The van der Waals surface area contributed by atoms with Crippen molar-refractivity contribution in [2.24, 2.45) is 5.92 Å². The van der Waals surface area contributed by atoms with Gasteiger partial charge in [0, 0.05) is 51.4 Å². The second-order valence-corrected chi connectivity index (χ2v) is 7.30. The number of piperidine rings is 1. The van der Waals surface area contributed by atoms with Crippen LogP contribution in [0, 0.1) is 5.92 Å². The molecule has 2 aliphatic rings. The summed E-state index contributed by atoms with van der Waals surface area (Å²) in [7, 11) is 1.87. The summed E-state index contributed by atoms with van der Waals surface area (Å²) in [6.07, 6.45) is 8.70. The lowest BCUT2D eigenvalue weighted by Crippen LogP contribution is -2.43. The topological polar surface area (TPSA) is 57.7 Å². The molecule has 136 valence electrons. The highest BCUT2D eigenvalue weighted by Crippen LogP contribution is 2.23. The SMILES string of the molecule is CCC(=O)C1CCCN(C(=O)CCC(=O)N(C)C2CCCCC2)C1. The summed E-state index contributed by atoms with van der Waals surface area (Å²) in [5, 5.41) is 0. The number of hydrogen-bond donors (Lipinski definition) is 0. The number of nitrogens with zero attached hydrogens (tertiary/aromatic N) is 2. The molecule has 1 atom stereocenters. The zero-order valence-electron chi connectivity index (χ0n) is 15.3. The zero-order valence-corrected chi connectivity index (χ0v) is 15.3. The Hall–Kier alpha value is -1.39. The van der Waals surface area contributed by atoms with Crippen molar-refractivity contribution in [2.75, 3.05) is 20.1 Å². The smallest absolute Gasteiger partial charge is 0.223 e. The molecule has 1 heterocycles. The number of carbonyl (C=O) groups excluding carboxylic acids is 3. The summed E-state index contributed by atoms with van der Waals surface area (Å²) in [6, 6.07) is 0.350. The maximum atomic E-state index is 12.4. The van der Waals surface area contributed by atoms with Crippen LogP contribution in [0.4, 0.5) is 0 Å². The third-order valence-electron chi connectivity index (χ3n) is 5.65. The minimum absolute atomic E-state index is 0.00619. The number of likely N-dealkylation sites (tertiary alicyclic amines) is 1. The van der Waals surface area contributed by atoms with E-state index < -0.39 is 0 Å². The third kappa shape index (κ3) is 5.05. The van der Waals surface area contributed by atoms with E-state index in [1.807, 2.05) is 18.9 Å². The van der Waals surface area contributed by atoms with Gasteiger partial charge in [0.2, 0.25) is 11.8 Å². The van der Waals surface area contributed by atoms with Crippen molar-refractivity contribution in [1.29, 1.82) is 0 Å². The standard InChI is InChI=1S/C19H32N2O3/c1-3-17(22)15-8-7-13-21(14-15)19(24)12-11-18(23)20(2)16-9-5-4-6-10-16/h15-16H,3-14H2,1-2H3. The molecule has 1 aliphatic carbocycles. The lowest BCUT2D eigenvalue weighted by molar-refractivity contribution is -0.139. The fourth-order valence-electron chi connectivity index (χ4n) is 3.98. The van der Waals surface area contributed by atoms with Gasteiger partial charge in [-0.05, 0) is 25.7 Å². The molecule has 1 aliphatic heterocycles. The molecule has 0 radical (unpaired) electrons. The van der Waals surface area contributed by atoms with E-state index in [1.165, 1.54) is 19.3 Å². The largest absolute Gasteiger partial charge is 0.343 e. The Kier molecular flexibility index (Phi) is 7.25. The number of hydrogen-bond acceptors (Lipinski definition) is 3. The van der Waals surface area contributed by atoms with Gasteiger partial charge in [0.25, 0.3) is 0 Å². The first-order valence-electron chi connectivity index (χ1n) is 9.59. The Balaban J connectivity index is 1.77. The van der Waals surface area contributed by atoms with Gasteiger partial charge < -0.3 is 9.80 Å². The highest BCUT2D eigenvalue weighted by atomic mass is 16.2. The van der Waals surface area contributed by atoms with E-state index in [1.54, 1.807) is 4.90 Å². The summed E-state index contributed by atoms with van der Waals surface area (Å²) in [6.45, 7) is 3.14. The molecule has 5 nitrogen and oxygen atoms in total. The molecule has 0 N–H and O–H groups in total. The summed E-state index contributed by atoms with van der Waals surface area (Å²) >= 11 is 0. The van der Waals surface area contributed by atoms with Crippen molar-refractivity contribution in [3.63, 3.8) is 0 Å². The zero-order chi connectivity index (χ0) is 17.5. The molecule has 1 unspecified atom stereocenters. The monoisotopic (exact) mass is 336 g/mol. The summed E-state index contributed by atoms with van der Waals surface area (Å²) in [5.41, 5.74) is 0. The van der Waals surface area contributed by atoms with Gasteiger partial charge in [-0.3, -0.25) is 14.4 Å². The third-order valence-corrected chi connectivity index (χ3v) is 5.65.